The lowest BCUT2D eigenvalue weighted by molar-refractivity contribution is -0.119. The number of benzene rings is 1. The average Bonchev–Trinajstić information content (AvgIpc) is 3.06. The number of H-pyrrole nitrogens is 1. The Morgan fingerprint density at radius 1 is 1.27 bits per heavy atom. The maximum Gasteiger partial charge on any atom is 0.286 e. The van der Waals surface area contributed by atoms with E-state index >= 15 is 0 Å². The van der Waals surface area contributed by atoms with E-state index in [0.29, 0.717) is 37.9 Å². The van der Waals surface area contributed by atoms with Crippen molar-refractivity contribution in [2.45, 2.75) is 18.6 Å². The number of nitrogens with one attached hydrogen (secondary N) is 2. The zero-order chi connectivity index (χ0) is 18.4. The van der Waals surface area contributed by atoms with Crippen molar-refractivity contribution in [1.82, 2.24) is 15.3 Å². The highest BCUT2D eigenvalue weighted by molar-refractivity contribution is 8.15. The minimum Gasteiger partial charge on any atom is -0.310 e. The van der Waals surface area contributed by atoms with Crippen LogP contribution >= 0.6 is 34.7 Å². The number of hydrogen-bond acceptors (Lipinski definition) is 6. The van der Waals surface area contributed by atoms with Gasteiger partial charge in [-0.1, -0.05) is 23.7 Å². The van der Waals surface area contributed by atoms with Gasteiger partial charge in [0.25, 0.3) is 10.8 Å². The van der Waals surface area contributed by atoms with E-state index in [-0.39, 0.29) is 16.7 Å². The van der Waals surface area contributed by atoms with E-state index in [9.17, 15) is 14.4 Å². The van der Waals surface area contributed by atoms with Gasteiger partial charge in [0.2, 0.25) is 5.91 Å². The summed E-state index contributed by atoms with van der Waals surface area (Å²) in [5.74, 6) is 0.169. The van der Waals surface area contributed by atoms with E-state index in [1.165, 1.54) is 11.3 Å². The molecule has 1 aliphatic rings. The van der Waals surface area contributed by atoms with Gasteiger partial charge in [-0.25, -0.2) is 4.98 Å². The SMILES string of the molecule is Cc1c(C2SC(=O)NC2=O)sc2nc(Cc3cccc(Cl)c3)[nH]c(=O)c12. The first-order chi connectivity index (χ1) is 12.4. The number of rotatable bonds is 3. The van der Waals surface area contributed by atoms with Gasteiger partial charge < -0.3 is 4.98 Å². The Balaban J connectivity index is 1.77. The van der Waals surface area contributed by atoms with Gasteiger partial charge in [0.05, 0.1) is 5.39 Å². The van der Waals surface area contributed by atoms with Crippen LogP contribution in [0.1, 0.15) is 27.1 Å². The highest BCUT2D eigenvalue weighted by Gasteiger charge is 2.36. The molecule has 1 unspecified atom stereocenters. The smallest absolute Gasteiger partial charge is 0.286 e. The Bertz CT molecular complexity index is 1120. The second-order valence-electron chi connectivity index (χ2n) is 5.87. The molecule has 2 N–H and O–H groups in total. The number of carbonyl (C=O) groups excluding carboxylic acids is 2. The molecule has 132 valence electrons. The molecular formula is C17H12ClN3O3S2. The molecule has 3 aromatic rings. The molecule has 26 heavy (non-hydrogen) atoms. The molecule has 0 saturated carbocycles. The third kappa shape index (κ3) is 3.04. The number of hydrogen-bond donors (Lipinski definition) is 2. The van der Waals surface area contributed by atoms with Crippen LogP contribution in [0.4, 0.5) is 4.79 Å². The Morgan fingerprint density at radius 2 is 2.08 bits per heavy atom. The number of aromatic amines is 1. The van der Waals surface area contributed by atoms with Crippen LogP contribution in [0.3, 0.4) is 0 Å². The third-order valence-corrected chi connectivity index (χ3v) is 6.71. The average molecular weight is 406 g/mol. The first kappa shape index (κ1) is 17.3. The Kier molecular flexibility index (Phi) is 4.34. The zero-order valence-electron chi connectivity index (χ0n) is 13.5. The normalized spacial score (nSPS) is 17.1. The van der Waals surface area contributed by atoms with Crippen LogP contribution in [0.25, 0.3) is 10.2 Å². The highest BCUT2D eigenvalue weighted by Crippen LogP contribution is 2.41. The van der Waals surface area contributed by atoms with Gasteiger partial charge in [0.15, 0.2) is 0 Å². The maximum atomic E-state index is 12.6. The Labute approximate surface area is 161 Å². The van der Waals surface area contributed by atoms with Crippen LogP contribution in [0.5, 0.6) is 0 Å². The molecule has 3 heterocycles. The number of carbonyl (C=O) groups is 2. The van der Waals surface area contributed by atoms with E-state index in [2.05, 4.69) is 15.3 Å². The fourth-order valence-electron chi connectivity index (χ4n) is 2.91. The minimum atomic E-state index is -0.627. The van der Waals surface area contributed by atoms with Crippen molar-refractivity contribution >= 4 is 56.1 Å². The van der Waals surface area contributed by atoms with Gasteiger partial charge in [-0.3, -0.25) is 19.7 Å². The quantitative estimate of drug-likeness (QED) is 0.695. The number of aromatic nitrogens is 2. The van der Waals surface area contributed by atoms with Crippen LogP contribution in [0.15, 0.2) is 29.1 Å². The van der Waals surface area contributed by atoms with E-state index in [1.807, 2.05) is 18.2 Å². The molecule has 2 aromatic heterocycles. The van der Waals surface area contributed by atoms with Gasteiger partial charge >= 0.3 is 0 Å². The molecule has 1 atom stereocenters. The van der Waals surface area contributed by atoms with Crippen molar-refractivity contribution in [3.63, 3.8) is 0 Å². The summed E-state index contributed by atoms with van der Waals surface area (Å²) in [4.78, 5) is 44.6. The van der Waals surface area contributed by atoms with Gasteiger partial charge in [-0.2, -0.15) is 0 Å². The number of fused-ring (bicyclic) bond motifs is 1. The fourth-order valence-corrected chi connectivity index (χ4v) is 5.41. The molecular weight excluding hydrogens is 394 g/mol. The topological polar surface area (TPSA) is 91.9 Å². The summed E-state index contributed by atoms with van der Waals surface area (Å²) < 4.78 is 0. The second kappa shape index (κ2) is 6.53. The molecule has 1 aromatic carbocycles. The van der Waals surface area contributed by atoms with Gasteiger partial charge in [0.1, 0.15) is 15.9 Å². The number of thiophene rings is 1. The molecule has 0 radical (unpaired) electrons. The molecule has 2 amide bonds. The lowest BCUT2D eigenvalue weighted by Gasteiger charge is -2.03. The molecule has 9 heteroatoms. The van der Waals surface area contributed by atoms with E-state index in [4.69, 9.17) is 11.6 Å². The first-order valence-electron chi connectivity index (χ1n) is 7.70. The predicted octanol–water partition coefficient (Wildman–Crippen LogP) is 3.56. The van der Waals surface area contributed by atoms with E-state index in [1.54, 1.807) is 13.0 Å². The van der Waals surface area contributed by atoms with Gasteiger partial charge in [-0.15, -0.1) is 11.3 Å². The summed E-state index contributed by atoms with van der Waals surface area (Å²) >= 11 is 8.21. The summed E-state index contributed by atoms with van der Waals surface area (Å²) in [6.07, 6.45) is 0.440. The molecule has 0 aliphatic carbocycles. The van der Waals surface area contributed by atoms with Crippen molar-refractivity contribution < 1.29 is 9.59 Å². The van der Waals surface area contributed by atoms with Crippen LogP contribution in [0.2, 0.25) is 5.02 Å². The molecule has 0 spiro atoms. The van der Waals surface area contributed by atoms with Crippen molar-refractivity contribution in [3.05, 3.63) is 61.5 Å². The fraction of sp³-hybridized carbons (Fsp3) is 0.176. The number of amides is 2. The molecule has 4 rings (SSSR count). The van der Waals surface area contributed by atoms with E-state index in [0.717, 1.165) is 17.3 Å². The summed E-state index contributed by atoms with van der Waals surface area (Å²) in [5.41, 5.74) is 1.38. The predicted molar refractivity (Wildman–Crippen MR) is 103 cm³/mol. The standard InChI is InChI=1S/C17H12ClN3O3S2/c1-7-11-14(22)19-10(6-8-3-2-4-9(18)5-8)20-16(11)25-12(7)13-15(23)21-17(24)26-13/h2-5,13H,6H2,1H3,(H,19,20,22)(H,21,23,24). The number of nitrogens with zero attached hydrogens (tertiary/aromatic N) is 1. The summed E-state index contributed by atoms with van der Waals surface area (Å²) in [6.45, 7) is 1.78. The maximum absolute atomic E-state index is 12.6. The number of imide groups is 1. The van der Waals surface area contributed by atoms with Gasteiger partial charge in [0, 0.05) is 16.3 Å². The molecule has 1 fully saturated rings. The Hall–Kier alpha value is -2.16. The van der Waals surface area contributed by atoms with Gasteiger partial charge in [-0.05, 0) is 41.9 Å². The van der Waals surface area contributed by atoms with Crippen molar-refractivity contribution in [2.24, 2.45) is 0 Å². The monoisotopic (exact) mass is 405 g/mol. The third-order valence-electron chi connectivity index (χ3n) is 4.07. The second-order valence-corrected chi connectivity index (χ2v) is 8.41. The summed E-state index contributed by atoms with van der Waals surface area (Å²) in [7, 11) is 0. The van der Waals surface area contributed by atoms with Crippen molar-refractivity contribution in [3.8, 4) is 0 Å². The number of halogens is 1. The minimum absolute atomic E-state index is 0.248. The van der Waals surface area contributed by atoms with Crippen LogP contribution in [0, 0.1) is 6.92 Å². The number of aryl methyl sites for hydroxylation is 1. The van der Waals surface area contributed by atoms with Crippen LogP contribution < -0.4 is 10.9 Å². The first-order valence-corrected chi connectivity index (χ1v) is 9.78. The molecule has 0 bridgehead atoms. The lowest BCUT2D eigenvalue weighted by atomic mass is 10.1. The molecule has 1 aliphatic heterocycles. The van der Waals surface area contributed by atoms with Crippen molar-refractivity contribution in [2.75, 3.05) is 0 Å². The Morgan fingerprint density at radius 3 is 2.77 bits per heavy atom. The van der Waals surface area contributed by atoms with Crippen molar-refractivity contribution in [1.29, 1.82) is 0 Å². The van der Waals surface area contributed by atoms with Crippen LogP contribution in [-0.4, -0.2) is 21.1 Å². The zero-order valence-corrected chi connectivity index (χ0v) is 15.8. The molecule has 6 nitrogen and oxygen atoms in total. The summed E-state index contributed by atoms with van der Waals surface area (Å²) in [5, 5.41) is 2.36. The largest absolute Gasteiger partial charge is 0.310 e. The molecule has 1 saturated heterocycles. The lowest BCUT2D eigenvalue weighted by Crippen LogP contribution is -2.20. The highest BCUT2D eigenvalue weighted by atomic mass is 35.5. The number of thioether (sulfide) groups is 1. The summed E-state index contributed by atoms with van der Waals surface area (Å²) in [6, 6.07) is 7.35. The van der Waals surface area contributed by atoms with E-state index < -0.39 is 5.25 Å². The van der Waals surface area contributed by atoms with Crippen LogP contribution in [-0.2, 0) is 11.2 Å².